The number of hydrogen-bond acceptors (Lipinski definition) is 5. The fourth-order valence-electron chi connectivity index (χ4n) is 2.76. The van der Waals surface area contributed by atoms with Crippen molar-refractivity contribution in [1.29, 1.82) is 0 Å². The molecule has 1 N–H and O–H groups in total. The highest BCUT2D eigenvalue weighted by Gasteiger charge is 2.22. The molecule has 1 aromatic heterocycles. The maximum absolute atomic E-state index is 12.5. The van der Waals surface area contributed by atoms with E-state index in [4.69, 9.17) is 0 Å². The fraction of sp³-hybridized carbons (Fsp3) is 0.200. The second-order valence-corrected chi connectivity index (χ2v) is 10.5. The molecule has 0 spiro atoms. The van der Waals surface area contributed by atoms with E-state index in [-0.39, 0.29) is 6.54 Å². The van der Waals surface area contributed by atoms with Crippen molar-refractivity contribution in [2.45, 2.75) is 13.3 Å². The Hall–Kier alpha value is -2.23. The average molecular weight is 494 g/mol. The van der Waals surface area contributed by atoms with Crippen LogP contribution in [0, 0.1) is 6.92 Å². The number of halogens is 1. The van der Waals surface area contributed by atoms with Crippen molar-refractivity contribution in [3.05, 3.63) is 75.2 Å². The van der Waals surface area contributed by atoms with Crippen molar-refractivity contribution in [3.63, 3.8) is 0 Å². The van der Waals surface area contributed by atoms with Crippen LogP contribution in [0.5, 0.6) is 0 Å². The van der Waals surface area contributed by atoms with Gasteiger partial charge in [0.05, 0.1) is 11.9 Å². The van der Waals surface area contributed by atoms with Gasteiger partial charge in [-0.3, -0.25) is 9.10 Å². The molecule has 3 rings (SSSR count). The molecule has 1 heterocycles. The molecule has 0 fully saturated rings. The van der Waals surface area contributed by atoms with Gasteiger partial charge in [0.25, 0.3) is 0 Å². The van der Waals surface area contributed by atoms with Gasteiger partial charge < -0.3 is 5.32 Å². The molecule has 0 saturated heterocycles. The molecule has 9 heteroatoms. The van der Waals surface area contributed by atoms with Crippen LogP contribution in [0.4, 0.5) is 10.8 Å². The van der Waals surface area contributed by atoms with Crippen molar-refractivity contribution in [3.8, 4) is 0 Å². The first-order chi connectivity index (χ1) is 13.7. The number of nitrogens with one attached hydrogen (secondary N) is 1. The largest absolute Gasteiger partial charge is 0.300 e. The maximum Gasteiger partial charge on any atom is 0.246 e. The number of carbonyl (C=O) groups excluding carboxylic acids is 1. The van der Waals surface area contributed by atoms with Crippen LogP contribution in [0.3, 0.4) is 0 Å². The predicted molar refractivity (Wildman–Crippen MR) is 121 cm³/mol. The fourth-order valence-corrected chi connectivity index (χ4v) is 4.81. The Balaban J connectivity index is 1.69. The first kappa shape index (κ1) is 21.5. The first-order valence-corrected chi connectivity index (χ1v) is 12.2. The molecule has 0 aliphatic heterocycles. The number of anilines is 2. The topological polar surface area (TPSA) is 79.4 Å². The normalized spacial score (nSPS) is 11.3. The molecule has 0 bridgehead atoms. The Morgan fingerprint density at radius 2 is 1.86 bits per heavy atom. The molecule has 1 amide bonds. The van der Waals surface area contributed by atoms with Crippen LogP contribution in [-0.4, -0.2) is 32.1 Å². The molecule has 0 atom stereocenters. The molecular formula is C20H20BrN3O3S2. The van der Waals surface area contributed by atoms with E-state index in [0.29, 0.717) is 17.2 Å². The molecule has 0 radical (unpaired) electrons. The van der Waals surface area contributed by atoms with Gasteiger partial charge in [-0.25, -0.2) is 13.4 Å². The van der Waals surface area contributed by atoms with E-state index in [2.05, 4.69) is 26.2 Å². The van der Waals surface area contributed by atoms with E-state index < -0.39 is 15.9 Å². The number of carbonyl (C=O) groups is 1. The number of rotatable bonds is 7. The molecule has 0 saturated carbocycles. The van der Waals surface area contributed by atoms with Gasteiger partial charge in [-0.2, -0.15) is 0 Å². The summed E-state index contributed by atoms with van der Waals surface area (Å²) in [6, 6.07) is 15.1. The summed E-state index contributed by atoms with van der Waals surface area (Å²) in [6.45, 7) is 1.49. The van der Waals surface area contributed by atoms with Crippen LogP contribution in [-0.2, 0) is 21.2 Å². The number of para-hydroxylation sites is 1. The first-order valence-electron chi connectivity index (χ1n) is 8.75. The summed E-state index contributed by atoms with van der Waals surface area (Å²) in [7, 11) is -3.62. The number of aryl methyl sites for hydroxylation is 1. The zero-order chi connectivity index (χ0) is 21.0. The van der Waals surface area contributed by atoms with E-state index in [1.54, 1.807) is 31.3 Å². The summed E-state index contributed by atoms with van der Waals surface area (Å²) in [6.07, 6.45) is 3.52. The van der Waals surface area contributed by atoms with Crippen molar-refractivity contribution < 1.29 is 13.2 Å². The van der Waals surface area contributed by atoms with Gasteiger partial charge in [-0.1, -0.05) is 46.3 Å². The summed E-state index contributed by atoms with van der Waals surface area (Å²) in [5, 5.41) is 3.15. The number of aromatic nitrogens is 1. The summed E-state index contributed by atoms with van der Waals surface area (Å²) in [5.74, 6) is -0.441. The summed E-state index contributed by atoms with van der Waals surface area (Å²) in [4.78, 5) is 17.7. The minimum Gasteiger partial charge on any atom is -0.300 e. The Morgan fingerprint density at radius 3 is 2.52 bits per heavy atom. The van der Waals surface area contributed by atoms with E-state index in [1.807, 2.05) is 30.3 Å². The second kappa shape index (κ2) is 9.06. The van der Waals surface area contributed by atoms with Gasteiger partial charge in [0, 0.05) is 22.0 Å². The van der Waals surface area contributed by atoms with Gasteiger partial charge in [-0.15, -0.1) is 11.3 Å². The average Bonchev–Trinajstić information content (AvgIpc) is 3.08. The van der Waals surface area contributed by atoms with Crippen LogP contribution in [0.15, 0.2) is 59.2 Å². The number of sulfonamides is 1. The molecular weight excluding hydrogens is 474 g/mol. The quantitative estimate of drug-likeness (QED) is 0.534. The lowest BCUT2D eigenvalue weighted by atomic mass is 10.1. The lowest BCUT2D eigenvalue weighted by molar-refractivity contribution is -0.114. The van der Waals surface area contributed by atoms with E-state index in [0.717, 1.165) is 31.0 Å². The Labute approximate surface area is 182 Å². The number of benzene rings is 2. The lowest BCUT2D eigenvalue weighted by Gasteiger charge is -2.23. The highest BCUT2D eigenvalue weighted by Crippen LogP contribution is 2.24. The van der Waals surface area contributed by atoms with Crippen molar-refractivity contribution in [1.82, 2.24) is 4.98 Å². The zero-order valence-corrected chi connectivity index (χ0v) is 19.1. The molecule has 0 aliphatic carbocycles. The van der Waals surface area contributed by atoms with Crippen LogP contribution in [0.1, 0.15) is 16.0 Å². The highest BCUT2D eigenvalue weighted by atomic mass is 79.9. The summed E-state index contributed by atoms with van der Waals surface area (Å²) in [5.41, 5.74) is 2.40. The van der Waals surface area contributed by atoms with Crippen molar-refractivity contribution >= 4 is 54.0 Å². The van der Waals surface area contributed by atoms with Gasteiger partial charge in [0.2, 0.25) is 15.9 Å². The number of hydrogen-bond donors (Lipinski definition) is 1. The number of thiazole rings is 1. The van der Waals surface area contributed by atoms with Crippen LogP contribution < -0.4 is 9.62 Å². The molecule has 0 unspecified atom stereocenters. The summed E-state index contributed by atoms with van der Waals surface area (Å²) >= 11 is 4.78. The minimum absolute atomic E-state index is 0.314. The Bertz CT molecular complexity index is 1110. The van der Waals surface area contributed by atoms with Gasteiger partial charge >= 0.3 is 0 Å². The molecule has 0 aliphatic rings. The van der Waals surface area contributed by atoms with E-state index >= 15 is 0 Å². The third-order valence-electron chi connectivity index (χ3n) is 4.16. The van der Waals surface area contributed by atoms with E-state index in [1.165, 1.54) is 11.3 Å². The maximum atomic E-state index is 12.5. The molecule has 3 aromatic rings. The molecule has 152 valence electrons. The molecule has 6 nitrogen and oxygen atoms in total. The number of amides is 1. The Kier molecular flexibility index (Phi) is 6.71. The SMILES string of the molecule is Cc1ccccc1N(CC(=O)Nc1ncc(Cc2ccc(Br)cc2)s1)S(C)(=O)=O. The predicted octanol–water partition coefficient (Wildman–Crippen LogP) is 4.21. The third-order valence-corrected chi connectivity index (χ3v) is 6.73. The van der Waals surface area contributed by atoms with Gasteiger partial charge in [-0.05, 0) is 36.2 Å². The molecule has 29 heavy (non-hydrogen) atoms. The van der Waals surface area contributed by atoms with Crippen LogP contribution in [0.2, 0.25) is 0 Å². The molecule has 2 aromatic carbocycles. The second-order valence-electron chi connectivity index (χ2n) is 6.54. The third kappa shape index (κ3) is 5.88. The lowest BCUT2D eigenvalue weighted by Crippen LogP contribution is -2.37. The van der Waals surface area contributed by atoms with Gasteiger partial charge in [0.15, 0.2) is 5.13 Å². The number of nitrogens with zero attached hydrogens (tertiary/aromatic N) is 2. The minimum atomic E-state index is -3.62. The smallest absolute Gasteiger partial charge is 0.246 e. The monoisotopic (exact) mass is 493 g/mol. The van der Waals surface area contributed by atoms with Crippen molar-refractivity contribution in [2.75, 3.05) is 22.4 Å². The standard InChI is InChI=1S/C20H20BrN3O3S2/c1-14-5-3-4-6-18(14)24(29(2,26)27)13-19(25)23-20-22-12-17(28-20)11-15-7-9-16(21)10-8-15/h3-10,12H,11,13H2,1-2H3,(H,22,23,25). The van der Waals surface area contributed by atoms with E-state index in [9.17, 15) is 13.2 Å². The van der Waals surface area contributed by atoms with Crippen molar-refractivity contribution in [2.24, 2.45) is 0 Å². The van der Waals surface area contributed by atoms with Gasteiger partial charge in [0.1, 0.15) is 6.54 Å². The Morgan fingerprint density at radius 1 is 1.17 bits per heavy atom. The van der Waals surface area contributed by atoms with Crippen LogP contribution in [0.25, 0.3) is 0 Å². The highest BCUT2D eigenvalue weighted by molar-refractivity contribution is 9.10. The van der Waals surface area contributed by atoms with Crippen LogP contribution >= 0.6 is 27.3 Å². The summed E-state index contributed by atoms with van der Waals surface area (Å²) < 4.78 is 26.6. The zero-order valence-electron chi connectivity index (χ0n) is 15.9.